The molecule has 0 saturated heterocycles. The molecule has 1 N–H and O–H groups in total. The Labute approximate surface area is 147 Å². The molecule has 0 aliphatic carbocycles. The predicted octanol–water partition coefficient (Wildman–Crippen LogP) is 3.22. The molecule has 0 unspecified atom stereocenters. The molecule has 1 heterocycles. The minimum atomic E-state index is -0.531. The van der Waals surface area contributed by atoms with E-state index in [0.717, 1.165) is 0 Å². The molecule has 0 fully saturated rings. The van der Waals surface area contributed by atoms with Gasteiger partial charge in [0.2, 0.25) is 11.7 Å². The highest BCUT2D eigenvalue weighted by Crippen LogP contribution is 2.24. The highest BCUT2D eigenvalue weighted by atomic mass is 35.5. The van der Waals surface area contributed by atoms with Crippen LogP contribution >= 0.6 is 11.6 Å². The van der Waals surface area contributed by atoms with E-state index in [1.165, 1.54) is 18.2 Å². The third-order valence-electron chi connectivity index (χ3n) is 3.22. The van der Waals surface area contributed by atoms with Crippen molar-refractivity contribution in [1.29, 1.82) is 0 Å². The molecule has 0 bridgehead atoms. The predicted molar refractivity (Wildman–Crippen MR) is 88.5 cm³/mol. The average Bonchev–Trinajstić information content (AvgIpc) is 3.08. The first-order valence-electron chi connectivity index (χ1n) is 7.35. The van der Waals surface area contributed by atoms with E-state index in [1.807, 2.05) is 0 Å². The monoisotopic (exact) mass is 361 g/mol. The van der Waals surface area contributed by atoms with Crippen molar-refractivity contribution in [3.8, 4) is 17.1 Å². The zero-order valence-electron chi connectivity index (χ0n) is 12.9. The number of hydrogen-bond donors (Lipinski definition) is 1. The van der Waals surface area contributed by atoms with Gasteiger partial charge in [-0.1, -0.05) is 41.0 Å². The number of para-hydroxylation sites is 1. The summed E-state index contributed by atoms with van der Waals surface area (Å²) in [7, 11) is 0. The second-order valence-electron chi connectivity index (χ2n) is 4.99. The highest BCUT2D eigenvalue weighted by molar-refractivity contribution is 6.33. The van der Waals surface area contributed by atoms with Crippen molar-refractivity contribution < 1.29 is 18.4 Å². The Balaban J connectivity index is 1.53. The molecule has 128 valence electrons. The summed E-state index contributed by atoms with van der Waals surface area (Å²) in [4.78, 5) is 15.9. The van der Waals surface area contributed by atoms with Crippen LogP contribution in [-0.2, 0) is 11.3 Å². The van der Waals surface area contributed by atoms with Crippen LogP contribution in [0.3, 0.4) is 0 Å². The first-order valence-corrected chi connectivity index (χ1v) is 7.73. The Kier molecular flexibility index (Phi) is 5.25. The maximum Gasteiger partial charge on any atom is 0.258 e. The number of halogens is 2. The largest absolute Gasteiger partial charge is 0.481 e. The van der Waals surface area contributed by atoms with Crippen molar-refractivity contribution in [2.24, 2.45) is 0 Å². The summed E-state index contributed by atoms with van der Waals surface area (Å²) in [6.07, 6.45) is 0. The number of ether oxygens (including phenoxy) is 1. The third-order valence-corrected chi connectivity index (χ3v) is 3.54. The summed E-state index contributed by atoms with van der Waals surface area (Å²) in [6, 6.07) is 12.9. The fraction of sp³-hybridized carbons (Fsp3) is 0.118. The van der Waals surface area contributed by atoms with Gasteiger partial charge in [0, 0.05) is 5.56 Å². The van der Waals surface area contributed by atoms with Crippen LogP contribution in [0.5, 0.6) is 5.75 Å². The Morgan fingerprint density at radius 1 is 1.20 bits per heavy atom. The number of carbonyl (C=O) groups is 1. The average molecular weight is 362 g/mol. The van der Waals surface area contributed by atoms with Gasteiger partial charge >= 0.3 is 0 Å². The summed E-state index contributed by atoms with van der Waals surface area (Å²) in [5.41, 5.74) is 0.633. The van der Waals surface area contributed by atoms with Crippen LogP contribution in [0, 0.1) is 5.82 Å². The molecule has 8 heteroatoms. The van der Waals surface area contributed by atoms with Crippen molar-refractivity contribution in [1.82, 2.24) is 15.5 Å². The maximum atomic E-state index is 13.4. The van der Waals surface area contributed by atoms with Crippen molar-refractivity contribution >= 4 is 17.5 Å². The Morgan fingerprint density at radius 2 is 1.96 bits per heavy atom. The van der Waals surface area contributed by atoms with Gasteiger partial charge in [0.15, 0.2) is 18.2 Å². The number of rotatable bonds is 6. The minimum Gasteiger partial charge on any atom is -0.481 e. The van der Waals surface area contributed by atoms with E-state index in [4.69, 9.17) is 20.9 Å². The second-order valence-corrected chi connectivity index (χ2v) is 5.39. The molecule has 0 saturated carbocycles. The molecule has 0 atom stereocenters. The quantitative estimate of drug-likeness (QED) is 0.729. The van der Waals surface area contributed by atoms with E-state index in [9.17, 15) is 9.18 Å². The Morgan fingerprint density at radius 3 is 2.76 bits per heavy atom. The zero-order chi connectivity index (χ0) is 17.6. The molecule has 3 rings (SSSR count). The molecule has 0 aliphatic heterocycles. The molecule has 1 aromatic heterocycles. The standard InChI is InChI=1S/C17H13ClFN3O3/c18-12-6-2-1-5-11(12)17-21-16(25-22-17)9-20-15(23)10-24-14-8-4-3-7-13(14)19/h1-8H,9-10H2,(H,20,23). The summed E-state index contributed by atoms with van der Waals surface area (Å²) < 4.78 is 23.6. The van der Waals surface area contributed by atoms with Crippen LogP contribution in [-0.4, -0.2) is 22.7 Å². The fourth-order valence-corrected chi connectivity index (χ4v) is 2.23. The lowest BCUT2D eigenvalue weighted by Gasteiger charge is -2.06. The van der Waals surface area contributed by atoms with Crippen LogP contribution in [0.2, 0.25) is 5.02 Å². The molecule has 6 nitrogen and oxygen atoms in total. The smallest absolute Gasteiger partial charge is 0.258 e. The molecule has 0 spiro atoms. The fourth-order valence-electron chi connectivity index (χ4n) is 2.01. The van der Waals surface area contributed by atoms with Gasteiger partial charge in [0.25, 0.3) is 5.91 Å². The van der Waals surface area contributed by atoms with Gasteiger partial charge in [0.05, 0.1) is 11.6 Å². The number of benzene rings is 2. The van der Waals surface area contributed by atoms with E-state index in [0.29, 0.717) is 16.4 Å². The molecule has 3 aromatic rings. The van der Waals surface area contributed by atoms with E-state index < -0.39 is 11.7 Å². The summed E-state index contributed by atoms with van der Waals surface area (Å²) in [5, 5.41) is 6.88. The van der Waals surface area contributed by atoms with Gasteiger partial charge in [0.1, 0.15) is 0 Å². The number of aromatic nitrogens is 2. The first-order chi connectivity index (χ1) is 12.1. The summed E-state index contributed by atoms with van der Waals surface area (Å²) in [6.45, 7) is -0.302. The molecular weight excluding hydrogens is 349 g/mol. The van der Waals surface area contributed by atoms with Gasteiger partial charge in [-0.3, -0.25) is 4.79 Å². The van der Waals surface area contributed by atoms with Crippen molar-refractivity contribution in [3.63, 3.8) is 0 Å². The lowest BCUT2D eigenvalue weighted by atomic mass is 10.2. The number of nitrogens with one attached hydrogen (secondary N) is 1. The van der Waals surface area contributed by atoms with Gasteiger partial charge < -0.3 is 14.6 Å². The van der Waals surface area contributed by atoms with Gasteiger partial charge in [-0.15, -0.1) is 0 Å². The van der Waals surface area contributed by atoms with Crippen LogP contribution < -0.4 is 10.1 Å². The zero-order valence-corrected chi connectivity index (χ0v) is 13.7. The van der Waals surface area contributed by atoms with Gasteiger partial charge in [-0.05, 0) is 24.3 Å². The van der Waals surface area contributed by atoms with E-state index in [1.54, 1.807) is 30.3 Å². The lowest BCUT2D eigenvalue weighted by Crippen LogP contribution is -2.28. The Hall–Kier alpha value is -2.93. The molecule has 25 heavy (non-hydrogen) atoms. The van der Waals surface area contributed by atoms with Crippen LogP contribution in [0.15, 0.2) is 53.1 Å². The van der Waals surface area contributed by atoms with Crippen molar-refractivity contribution in [2.45, 2.75) is 6.54 Å². The Bertz CT molecular complexity index is 885. The number of amides is 1. The molecule has 1 amide bonds. The first kappa shape index (κ1) is 16.9. The van der Waals surface area contributed by atoms with Crippen LogP contribution in [0.4, 0.5) is 4.39 Å². The topological polar surface area (TPSA) is 77.2 Å². The normalized spacial score (nSPS) is 10.5. The summed E-state index contributed by atoms with van der Waals surface area (Å²) in [5.74, 6) is -0.416. The van der Waals surface area contributed by atoms with Crippen LogP contribution in [0.1, 0.15) is 5.89 Å². The second kappa shape index (κ2) is 7.76. The lowest BCUT2D eigenvalue weighted by molar-refractivity contribution is -0.123. The number of hydrogen-bond acceptors (Lipinski definition) is 5. The van der Waals surface area contributed by atoms with Gasteiger partial charge in [-0.25, -0.2) is 4.39 Å². The van der Waals surface area contributed by atoms with E-state index in [2.05, 4.69) is 15.5 Å². The van der Waals surface area contributed by atoms with Crippen molar-refractivity contribution in [2.75, 3.05) is 6.61 Å². The van der Waals surface area contributed by atoms with Gasteiger partial charge in [-0.2, -0.15) is 4.98 Å². The third kappa shape index (κ3) is 4.33. The number of carbonyl (C=O) groups excluding carboxylic acids is 1. The molecule has 2 aromatic carbocycles. The summed E-state index contributed by atoms with van der Waals surface area (Å²) >= 11 is 6.07. The highest BCUT2D eigenvalue weighted by Gasteiger charge is 2.12. The minimum absolute atomic E-state index is 0.0106. The maximum absolute atomic E-state index is 13.4. The van der Waals surface area contributed by atoms with E-state index in [-0.39, 0.29) is 24.8 Å². The molecule has 0 radical (unpaired) electrons. The molecular formula is C17H13ClFN3O3. The van der Waals surface area contributed by atoms with Crippen LogP contribution in [0.25, 0.3) is 11.4 Å². The van der Waals surface area contributed by atoms with E-state index >= 15 is 0 Å². The SMILES string of the molecule is O=C(COc1ccccc1F)NCc1nc(-c2ccccc2Cl)no1. The molecule has 0 aliphatic rings. The number of nitrogens with zero attached hydrogens (tertiary/aromatic N) is 2. The van der Waals surface area contributed by atoms with Crippen molar-refractivity contribution in [3.05, 3.63) is 65.3 Å².